The average Bonchev–Trinajstić information content (AvgIpc) is 2.94. The maximum atomic E-state index is 6.17. The second-order valence-electron chi connectivity index (χ2n) is 7.16. The van der Waals surface area contributed by atoms with Crippen molar-refractivity contribution in [2.75, 3.05) is 6.61 Å². The van der Waals surface area contributed by atoms with Crippen molar-refractivity contribution in [3.8, 4) is 5.75 Å². The van der Waals surface area contributed by atoms with Crippen LogP contribution in [0.5, 0.6) is 5.75 Å². The van der Waals surface area contributed by atoms with E-state index in [-0.39, 0.29) is 6.04 Å². The molecule has 0 saturated heterocycles. The van der Waals surface area contributed by atoms with Gasteiger partial charge in [0.2, 0.25) is 0 Å². The van der Waals surface area contributed by atoms with Crippen molar-refractivity contribution < 1.29 is 4.74 Å². The molecule has 0 fully saturated rings. The Labute approximate surface area is 156 Å². The quantitative estimate of drug-likeness (QED) is 0.620. The van der Waals surface area contributed by atoms with E-state index < -0.39 is 0 Å². The van der Waals surface area contributed by atoms with E-state index in [0.29, 0.717) is 0 Å². The number of fused-ring (bicyclic) bond motifs is 1. The summed E-state index contributed by atoms with van der Waals surface area (Å²) in [6, 6.07) is 12.5. The van der Waals surface area contributed by atoms with Crippen LogP contribution in [-0.2, 0) is 6.54 Å². The number of aryl methyl sites for hydroxylation is 4. The fraction of sp³-hybridized carbons (Fsp3) is 0.409. The van der Waals surface area contributed by atoms with Gasteiger partial charge in [-0.25, -0.2) is 4.98 Å². The van der Waals surface area contributed by atoms with E-state index in [4.69, 9.17) is 15.5 Å². The topological polar surface area (TPSA) is 53.1 Å². The molecule has 0 saturated carbocycles. The Balaban J connectivity index is 1.67. The van der Waals surface area contributed by atoms with E-state index >= 15 is 0 Å². The van der Waals surface area contributed by atoms with E-state index in [1.54, 1.807) is 0 Å². The van der Waals surface area contributed by atoms with Gasteiger partial charge in [-0.2, -0.15) is 0 Å². The summed E-state index contributed by atoms with van der Waals surface area (Å²) < 4.78 is 8.18. The molecule has 1 heterocycles. The van der Waals surface area contributed by atoms with Gasteiger partial charge in [0.15, 0.2) is 0 Å². The third kappa shape index (κ3) is 3.91. The van der Waals surface area contributed by atoms with Gasteiger partial charge < -0.3 is 15.0 Å². The van der Waals surface area contributed by atoms with Crippen molar-refractivity contribution in [2.45, 2.75) is 53.1 Å². The van der Waals surface area contributed by atoms with Crippen LogP contribution in [0.15, 0.2) is 36.4 Å². The van der Waals surface area contributed by atoms with Gasteiger partial charge in [-0.3, -0.25) is 0 Å². The van der Waals surface area contributed by atoms with Crippen molar-refractivity contribution in [3.63, 3.8) is 0 Å². The highest BCUT2D eigenvalue weighted by Gasteiger charge is 2.14. The number of para-hydroxylation sites is 1. The highest BCUT2D eigenvalue weighted by atomic mass is 16.5. The Morgan fingerprint density at radius 1 is 1.04 bits per heavy atom. The van der Waals surface area contributed by atoms with Gasteiger partial charge in [0.1, 0.15) is 11.6 Å². The number of ether oxygens (including phenoxy) is 1. The predicted molar refractivity (Wildman–Crippen MR) is 108 cm³/mol. The lowest BCUT2D eigenvalue weighted by Gasteiger charge is -2.13. The molecular formula is C22H29N3O. The van der Waals surface area contributed by atoms with Crippen LogP contribution in [0.2, 0.25) is 0 Å². The van der Waals surface area contributed by atoms with Crippen LogP contribution in [0.25, 0.3) is 11.0 Å². The van der Waals surface area contributed by atoms with Gasteiger partial charge in [0, 0.05) is 6.54 Å². The Morgan fingerprint density at radius 3 is 2.50 bits per heavy atom. The summed E-state index contributed by atoms with van der Waals surface area (Å²) in [5.74, 6) is 1.94. The summed E-state index contributed by atoms with van der Waals surface area (Å²) >= 11 is 0. The number of nitrogens with zero attached hydrogens (tertiary/aromatic N) is 2. The molecular weight excluding hydrogens is 322 g/mol. The van der Waals surface area contributed by atoms with Crippen LogP contribution in [0.3, 0.4) is 0 Å². The van der Waals surface area contributed by atoms with Crippen LogP contribution in [0.4, 0.5) is 0 Å². The predicted octanol–water partition coefficient (Wildman–Crippen LogP) is 4.84. The monoisotopic (exact) mass is 351 g/mol. The standard InChI is InChI=1S/C22H29N3O/c1-15-9-5-6-10-21(15)26-12-8-7-11-25-20-14-17(3)16(2)13-19(20)24-22(25)18(4)23/h5-6,9-10,13-14,18H,7-8,11-12,23H2,1-4H3. The number of unbranched alkanes of at least 4 members (excludes halogenated alkanes) is 1. The first kappa shape index (κ1) is 18.5. The molecule has 3 aromatic rings. The van der Waals surface area contributed by atoms with Crippen molar-refractivity contribution in [1.82, 2.24) is 9.55 Å². The highest BCUT2D eigenvalue weighted by molar-refractivity contribution is 5.78. The molecule has 1 atom stereocenters. The summed E-state index contributed by atoms with van der Waals surface area (Å²) in [6.45, 7) is 9.98. The maximum absolute atomic E-state index is 6.17. The summed E-state index contributed by atoms with van der Waals surface area (Å²) in [5, 5.41) is 0. The minimum absolute atomic E-state index is 0.0776. The van der Waals surface area contributed by atoms with E-state index in [1.165, 1.54) is 22.2 Å². The lowest BCUT2D eigenvalue weighted by Crippen LogP contribution is -2.14. The van der Waals surface area contributed by atoms with Crippen molar-refractivity contribution in [3.05, 3.63) is 58.9 Å². The summed E-state index contributed by atoms with van der Waals surface area (Å²) in [7, 11) is 0. The molecule has 3 rings (SSSR count). The second kappa shape index (κ2) is 7.92. The minimum Gasteiger partial charge on any atom is -0.493 e. The molecule has 0 spiro atoms. The third-order valence-electron chi connectivity index (χ3n) is 4.93. The number of imidazole rings is 1. The highest BCUT2D eigenvalue weighted by Crippen LogP contribution is 2.24. The van der Waals surface area contributed by atoms with Crippen LogP contribution in [0, 0.1) is 20.8 Å². The molecule has 2 N–H and O–H groups in total. The number of nitrogens with two attached hydrogens (primary N) is 1. The summed E-state index contributed by atoms with van der Waals surface area (Å²) in [6.07, 6.45) is 2.03. The average molecular weight is 351 g/mol. The largest absolute Gasteiger partial charge is 0.493 e. The van der Waals surface area contributed by atoms with Crippen LogP contribution in [-0.4, -0.2) is 16.2 Å². The molecule has 4 nitrogen and oxygen atoms in total. The summed E-state index contributed by atoms with van der Waals surface area (Å²) in [5.41, 5.74) is 12.1. The summed E-state index contributed by atoms with van der Waals surface area (Å²) in [4.78, 5) is 4.78. The van der Waals surface area contributed by atoms with Crippen LogP contribution >= 0.6 is 0 Å². The first-order valence-corrected chi connectivity index (χ1v) is 9.38. The molecule has 0 amide bonds. The first-order valence-electron chi connectivity index (χ1n) is 9.38. The van der Waals surface area contributed by atoms with Gasteiger partial charge in [-0.05, 0) is 75.4 Å². The lowest BCUT2D eigenvalue weighted by molar-refractivity contribution is 0.301. The molecule has 0 aliphatic heterocycles. The fourth-order valence-corrected chi connectivity index (χ4v) is 3.25. The van der Waals surface area contributed by atoms with Crippen molar-refractivity contribution in [2.24, 2.45) is 5.73 Å². The minimum atomic E-state index is -0.0776. The molecule has 1 aromatic heterocycles. The smallest absolute Gasteiger partial charge is 0.126 e. The molecule has 26 heavy (non-hydrogen) atoms. The zero-order valence-electron chi connectivity index (χ0n) is 16.2. The number of hydrogen-bond donors (Lipinski definition) is 1. The molecule has 2 aromatic carbocycles. The first-order chi connectivity index (χ1) is 12.5. The third-order valence-corrected chi connectivity index (χ3v) is 4.93. The van der Waals surface area contributed by atoms with E-state index in [1.807, 2.05) is 25.1 Å². The number of rotatable bonds is 7. The molecule has 0 aliphatic carbocycles. The second-order valence-corrected chi connectivity index (χ2v) is 7.16. The molecule has 0 bridgehead atoms. The van der Waals surface area contributed by atoms with Crippen LogP contribution in [0.1, 0.15) is 48.3 Å². The normalized spacial score (nSPS) is 12.5. The fourth-order valence-electron chi connectivity index (χ4n) is 3.25. The molecule has 1 unspecified atom stereocenters. The molecule has 4 heteroatoms. The number of benzene rings is 2. The molecule has 0 aliphatic rings. The van der Waals surface area contributed by atoms with Gasteiger partial charge >= 0.3 is 0 Å². The SMILES string of the molecule is Cc1cc2nc(C(C)N)n(CCCCOc3ccccc3C)c2cc1C. The maximum Gasteiger partial charge on any atom is 0.126 e. The van der Waals surface area contributed by atoms with E-state index in [9.17, 15) is 0 Å². The molecule has 0 radical (unpaired) electrons. The number of aromatic nitrogens is 2. The Hall–Kier alpha value is -2.33. The number of hydrogen-bond acceptors (Lipinski definition) is 3. The van der Waals surface area contributed by atoms with Crippen LogP contribution < -0.4 is 10.5 Å². The lowest BCUT2D eigenvalue weighted by atomic mass is 10.1. The Morgan fingerprint density at radius 2 is 1.77 bits per heavy atom. The Bertz CT molecular complexity index is 896. The Kier molecular flexibility index (Phi) is 5.62. The van der Waals surface area contributed by atoms with Gasteiger partial charge in [0.25, 0.3) is 0 Å². The van der Waals surface area contributed by atoms with Crippen molar-refractivity contribution in [1.29, 1.82) is 0 Å². The van der Waals surface area contributed by atoms with Gasteiger partial charge in [0.05, 0.1) is 23.7 Å². The van der Waals surface area contributed by atoms with Gasteiger partial charge in [-0.1, -0.05) is 18.2 Å². The zero-order chi connectivity index (χ0) is 18.7. The molecule has 138 valence electrons. The van der Waals surface area contributed by atoms with E-state index in [2.05, 4.69) is 43.5 Å². The van der Waals surface area contributed by atoms with E-state index in [0.717, 1.165) is 43.1 Å². The zero-order valence-corrected chi connectivity index (χ0v) is 16.2. The van der Waals surface area contributed by atoms with Crippen molar-refractivity contribution >= 4 is 11.0 Å². The van der Waals surface area contributed by atoms with Gasteiger partial charge in [-0.15, -0.1) is 0 Å².